The van der Waals surface area contributed by atoms with E-state index < -0.39 is 11.9 Å². The van der Waals surface area contributed by atoms with Crippen molar-refractivity contribution in [3.05, 3.63) is 58.6 Å². The molecule has 136 valence electrons. The number of esters is 2. The van der Waals surface area contributed by atoms with E-state index in [0.717, 1.165) is 4.90 Å². The zero-order chi connectivity index (χ0) is 19.1. The maximum atomic E-state index is 12.2. The predicted octanol–water partition coefficient (Wildman–Crippen LogP) is 3.64. The third-order valence-corrected chi connectivity index (χ3v) is 4.57. The largest absolute Gasteiger partial charge is 0.465 e. The van der Waals surface area contributed by atoms with Gasteiger partial charge in [-0.2, -0.15) is 0 Å². The normalized spacial score (nSPS) is 10.1. The highest BCUT2D eigenvalue weighted by atomic mass is 35.5. The molecule has 6 nitrogen and oxygen atoms in total. The molecule has 0 aliphatic rings. The average Bonchev–Trinajstić information content (AvgIpc) is 2.66. The monoisotopic (exact) mass is 393 g/mol. The van der Waals surface area contributed by atoms with Crippen LogP contribution in [0.2, 0.25) is 5.02 Å². The van der Waals surface area contributed by atoms with E-state index in [1.807, 2.05) is 0 Å². The number of benzene rings is 2. The number of rotatable bonds is 6. The molecule has 0 heterocycles. The van der Waals surface area contributed by atoms with Crippen molar-refractivity contribution < 1.29 is 23.9 Å². The smallest absolute Gasteiger partial charge is 0.339 e. The van der Waals surface area contributed by atoms with E-state index in [1.54, 1.807) is 24.3 Å². The fourth-order valence-corrected chi connectivity index (χ4v) is 2.87. The number of methoxy groups -OCH3 is 2. The third-order valence-electron chi connectivity index (χ3n) is 3.30. The Morgan fingerprint density at radius 1 is 1.00 bits per heavy atom. The van der Waals surface area contributed by atoms with Crippen LogP contribution in [0.4, 0.5) is 5.69 Å². The molecule has 2 aromatic carbocycles. The molecule has 0 atom stereocenters. The Hall–Kier alpha value is -2.51. The van der Waals surface area contributed by atoms with Gasteiger partial charge in [0.1, 0.15) is 0 Å². The fourth-order valence-electron chi connectivity index (χ4n) is 2.05. The molecule has 0 unspecified atom stereocenters. The average molecular weight is 394 g/mol. The van der Waals surface area contributed by atoms with Crippen LogP contribution in [0.3, 0.4) is 0 Å². The molecule has 1 N–H and O–H groups in total. The molecule has 0 saturated carbocycles. The first-order valence-corrected chi connectivity index (χ1v) is 8.80. The highest BCUT2D eigenvalue weighted by Crippen LogP contribution is 2.23. The lowest BCUT2D eigenvalue weighted by molar-refractivity contribution is -0.113. The summed E-state index contributed by atoms with van der Waals surface area (Å²) in [4.78, 5) is 36.7. The van der Waals surface area contributed by atoms with Crippen LogP contribution in [0.5, 0.6) is 0 Å². The van der Waals surface area contributed by atoms with Crippen molar-refractivity contribution in [2.45, 2.75) is 4.90 Å². The summed E-state index contributed by atoms with van der Waals surface area (Å²) in [6.45, 7) is 0. The summed E-state index contributed by atoms with van der Waals surface area (Å²) in [5.74, 6) is -1.42. The molecule has 0 fully saturated rings. The topological polar surface area (TPSA) is 81.7 Å². The van der Waals surface area contributed by atoms with Crippen LogP contribution >= 0.6 is 23.4 Å². The minimum absolute atomic E-state index is 0.116. The lowest BCUT2D eigenvalue weighted by Crippen LogP contribution is -2.18. The summed E-state index contributed by atoms with van der Waals surface area (Å²) >= 11 is 7.14. The number of ether oxygens (including phenoxy) is 2. The third kappa shape index (κ3) is 5.24. The highest BCUT2D eigenvalue weighted by Gasteiger charge is 2.17. The summed E-state index contributed by atoms with van der Waals surface area (Å²) in [7, 11) is 2.48. The first kappa shape index (κ1) is 19.8. The SMILES string of the molecule is COC(=O)c1ccc(C(=O)OC)c(NC(=O)CSc2ccc(Cl)cc2)c1. The number of carbonyl (C=O) groups excluding carboxylic acids is 3. The molecule has 0 bridgehead atoms. The van der Waals surface area contributed by atoms with Gasteiger partial charge in [0.2, 0.25) is 5.91 Å². The van der Waals surface area contributed by atoms with Gasteiger partial charge < -0.3 is 14.8 Å². The van der Waals surface area contributed by atoms with E-state index >= 15 is 0 Å². The maximum absolute atomic E-state index is 12.2. The van der Waals surface area contributed by atoms with Crippen molar-refractivity contribution in [2.75, 3.05) is 25.3 Å². The van der Waals surface area contributed by atoms with Gasteiger partial charge in [-0.05, 0) is 42.5 Å². The van der Waals surface area contributed by atoms with Gasteiger partial charge in [0.15, 0.2) is 0 Å². The van der Waals surface area contributed by atoms with Gasteiger partial charge in [0.25, 0.3) is 0 Å². The zero-order valence-electron chi connectivity index (χ0n) is 14.1. The van der Waals surface area contributed by atoms with Crippen LogP contribution in [0.15, 0.2) is 47.4 Å². The molecule has 1 amide bonds. The lowest BCUT2D eigenvalue weighted by Gasteiger charge is -2.11. The van der Waals surface area contributed by atoms with E-state index in [0.29, 0.717) is 5.02 Å². The number of hydrogen-bond acceptors (Lipinski definition) is 6. The second kappa shape index (κ2) is 9.26. The molecule has 2 rings (SSSR count). The van der Waals surface area contributed by atoms with E-state index in [-0.39, 0.29) is 28.5 Å². The Balaban J connectivity index is 2.14. The summed E-state index contributed by atoms with van der Waals surface area (Å²) < 4.78 is 9.36. The first-order chi connectivity index (χ1) is 12.4. The number of thioether (sulfide) groups is 1. The Kier molecular flexibility index (Phi) is 7.06. The van der Waals surface area contributed by atoms with Crippen molar-refractivity contribution in [3.8, 4) is 0 Å². The van der Waals surface area contributed by atoms with Crippen LogP contribution in [-0.2, 0) is 14.3 Å². The van der Waals surface area contributed by atoms with Crippen LogP contribution in [0, 0.1) is 0 Å². The van der Waals surface area contributed by atoms with Crippen molar-refractivity contribution in [2.24, 2.45) is 0 Å². The van der Waals surface area contributed by atoms with Crippen LogP contribution in [0.25, 0.3) is 0 Å². The number of anilines is 1. The van der Waals surface area contributed by atoms with Gasteiger partial charge in [-0.15, -0.1) is 11.8 Å². The Labute approximate surface area is 159 Å². The van der Waals surface area contributed by atoms with Crippen LogP contribution in [0.1, 0.15) is 20.7 Å². The van der Waals surface area contributed by atoms with Gasteiger partial charge in [-0.25, -0.2) is 9.59 Å². The Bertz CT molecular complexity index is 823. The molecular formula is C18H16ClNO5S. The summed E-state index contributed by atoms with van der Waals surface area (Å²) in [6, 6.07) is 11.3. The van der Waals surface area contributed by atoms with Gasteiger partial charge in [0, 0.05) is 9.92 Å². The lowest BCUT2D eigenvalue weighted by atomic mass is 10.1. The zero-order valence-corrected chi connectivity index (χ0v) is 15.6. The molecule has 0 aliphatic heterocycles. The quantitative estimate of drug-likeness (QED) is 0.596. The van der Waals surface area contributed by atoms with Gasteiger partial charge in [-0.1, -0.05) is 11.6 Å². The van der Waals surface area contributed by atoms with E-state index in [4.69, 9.17) is 16.3 Å². The minimum atomic E-state index is -0.623. The van der Waals surface area contributed by atoms with E-state index in [2.05, 4.69) is 10.1 Å². The number of carbonyl (C=O) groups is 3. The standard InChI is InChI=1S/C18H16ClNO5S/c1-24-17(22)11-3-8-14(18(23)25-2)15(9-11)20-16(21)10-26-13-6-4-12(19)5-7-13/h3-9H,10H2,1-2H3,(H,20,21). The van der Waals surface area contributed by atoms with Crippen molar-refractivity contribution >= 4 is 46.9 Å². The second-order valence-corrected chi connectivity index (χ2v) is 6.52. The number of halogens is 1. The molecule has 8 heteroatoms. The summed E-state index contributed by atoms with van der Waals surface area (Å²) in [6.07, 6.45) is 0. The Morgan fingerprint density at radius 3 is 2.27 bits per heavy atom. The van der Waals surface area contributed by atoms with Crippen LogP contribution < -0.4 is 5.32 Å². The molecule has 0 aliphatic carbocycles. The van der Waals surface area contributed by atoms with Gasteiger partial charge in [0.05, 0.1) is 36.8 Å². The molecule has 0 radical (unpaired) electrons. The number of amides is 1. The highest BCUT2D eigenvalue weighted by molar-refractivity contribution is 8.00. The van der Waals surface area contributed by atoms with Gasteiger partial charge >= 0.3 is 11.9 Å². The number of nitrogens with one attached hydrogen (secondary N) is 1. The van der Waals surface area contributed by atoms with E-state index in [1.165, 1.54) is 44.2 Å². The second-order valence-electron chi connectivity index (χ2n) is 5.03. The van der Waals surface area contributed by atoms with Crippen LogP contribution in [-0.4, -0.2) is 37.8 Å². The predicted molar refractivity (Wildman–Crippen MR) is 99.9 cm³/mol. The molecular weight excluding hydrogens is 378 g/mol. The van der Waals surface area contributed by atoms with Gasteiger partial charge in [-0.3, -0.25) is 4.79 Å². The first-order valence-electron chi connectivity index (χ1n) is 7.43. The molecule has 0 saturated heterocycles. The molecule has 0 aromatic heterocycles. The molecule has 2 aromatic rings. The van der Waals surface area contributed by atoms with E-state index in [9.17, 15) is 14.4 Å². The molecule has 0 spiro atoms. The van der Waals surface area contributed by atoms with Crippen molar-refractivity contribution in [3.63, 3.8) is 0 Å². The molecule has 26 heavy (non-hydrogen) atoms. The summed E-state index contributed by atoms with van der Waals surface area (Å²) in [5, 5.41) is 3.24. The summed E-state index contributed by atoms with van der Waals surface area (Å²) in [5.41, 5.74) is 0.534. The maximum Gasteiger partial charge on any atom is 0.339 e. The fraction of sp³-hybridized carbons (Fsp3) is 0.167. The number of hydrogen-bond donors (Lipinski definition) is 1. The van der Waals surface area contributed by atoms with Crippen molar-refractivity contribution in [1.29, 1.82) is 0 Å². The van der Waals surface area contributed by atoms with Crippen molar-refractivity contribution in [1.82, 2.24) is 0 Å². The Morgan fingerprint density at radius 2 is 1.65 bits per heavy atom. The minimum Gasteiger partial charge on any atom is -0.465 e.